The van der Waals surface area contributed by atoms with Crippen LogP contribution >= 0.6 is 0 Å². The summed E-state index contributed by atoms with van der Waals surface area (Å²) in [5.41, 5.74) is 7.46. The predicted octanol–water partition coefficient (Wildman–Crippen LogP) is 2.27. The molecular weight excluding hydrogens is 212 g/mol. The quantitative estimate of drug-likeness (QED) is 0.470. The SMILES string of the molecule is Cn1c(=O)c2ccccc2c2cc(N)ccc21. The summed E-state index contributed by atoms with van der Waals surface area (Å²) in [6, 6.07) is 13.2. The summed E-state index contributed by atoms with van der Waals surface area (Å²) >= 11 is 0. The number of pyridine rings is 1. The van der Waals surface area contributed by atoms with Crippen molar-refractivity contribution in [3.8, 4) is 0 Å². The first-order chi connectivity index (χ1) is 8.18. The molecule has 3 rings (SSSR count). The maximum Gasteiger partial charge on any atom is 0.258 e. The topological polar surface area (TPSA) is 48.0 Å². The van der Waals surface area contributed by atoms with Crippen LogP contribution in [0, 0.1) is 0 Å². The van der Waals surface area contributed by atoms with Gasteiger partial charge in [-0.3, -0.25) is 4.79 Å². The summed E-state index contributed by atoms with van der Waals surface area (Å²) in [7, 11) is 1.79. The van der Waals surface area contributed by atoms with Crippen LogP contribution in [-0.4, -0.2) is 4.57 Å². The number of aromatic nitrogens is 1. The Morgan fingerprint density at radius 3 is 2.47 bits per heavy atom. The molecule has 2 N–H and O–H groups in total. The van der Waals surface area contributed by atoms with E-state index in [0.29, 0.717) is 5.69 Å². The molecule has 0 spiro atoms. The molecule has 0 saturated carbocycles. The minimum atomic E-state index is 0.0258. The van der Waals surface area contributed by atoms with Gasteiger partial charge in [0, 0.05) is 23.5 Å². The van der Waals surface area contributed by atoms with Crippen LogP contribution in [0.1, 0.15) is 0 Å². The largest absolute Gasteiger partial charge is 0.399 e. The highest BCUT2D eigenvalue weighted by atomic mass is 16.1. The maximum atomic E-state index is 12.2. The molecule has 3 heteroatoms. The van der Waals surface area contributed by atoms with E-state index < -0.39 is 0 Å². The van der Waals surface area contributed by atoms with Crippen molar-refractivity contribution < 1.29 is 0 Å². The van der Waals surface area contributed by atoms with Crippen molar-refractivity contribution in [3.63, 3.8) is 0 Å². The van der Waals surface area contributed by atoms with Crippen molar-refractivity contribution >= 4 is 27.4 Å². The van der Waals surface area contributed by atoms with Gasteiger partial charge in [-0.25, -0.2) is 0 Å². The predicted molar refractivity (Wildman–Crippen MR) is 71.1 cm³/mol. The molecule has 84 valence electrons. The highest BCUT2D eigenvalue weighted by Crippen LogP contribution is 2.23. The van der Waals surface area contributed by atoms with Crippen LogP contribution in [-0.2, 0) is 7.05 Å². The van der Waals surface area contributed by atoms with Gasteiger partial charge in [0.15, 0.2) is 0 Å². The van der Waals surface area contributed by atoms with Crippen molar-refractivity contribution in [1.82, 2.24) is 4.57 Å². The molecule has 0 aliphatic heterocycles. The Hall–Kier alpha value is -2.29. The fourth-order valence-electron chi connectivity index (χ4n) is 2.26. The zero-order valence-electron chi connectivity index (χ0n) is 9.47. The van der Waals surface area contributed by atoms with E-state index in [2.05, 4.69) is 0 Å². The van der Waals surface area contributed by atoms with E-state index in [0.717, 1.165) is 21.7 Å². The Labute approximate surface area is 98.1 Å². The number of hydrogen-bond donors (Lipinski definition) is 1. The molecule has 3 nitrogen and oxygen atoms in total. The standard InChI is InChI=1S/C14H12N2O/c1-16-13-7-6-9(15)8-12(13)10-4-2-3-5-11(10)14(16)17/h2-8H,15H2,1H3. The van der Waals surface area contributed by atoms with E-state index in [-0.39, 0.29) is 5.56 Å². The Bertz CT molecular complexity index is 787. The fraction of sp³-hybridized carbons (Fsp3) is 0.0714. The van der Waals surface area contributed by atoms with Crippen LogP contribution in [0.2, 0.25) is 0 Å². The Balaban J connectivity index is 2.71. The van der Waals surface area contributed by atoms with E-state index in [1.165, 1.54) is 0 Å². The van der Waals surface area contributed by atoms with Gasteiger partial charge in [0.2, 0.25) is 0 Å². The van der Waals surface area contributed by atoms with E-state index in [4.69, 9.17) is 5.73 Å². The minimum absolute atomic E-state index is 0.0258. The molecule has 0 atom stereocenters. The highest BCUT2D eigenvalue weighted by Gasteiger charge is 2.07. The van der Waals surface area contributed by atoms with Crippen molar-refractivity contribution in [2.45, 2.75) is 0 Å². The summed E-state index contributed by atoms with van der Waals surface area (Å²) in [5, 5.41) is 2.70. The van der Waals surface area contributed by atoms with Crippen LogP contribution in [0.3, 0.4) is 0 Å². The lowest BCUT2D eigenvalue weighted by Gasteiger charge is -2.09. The number of fused-ring (bicyclic) bond motifs is 3. The average Bonchev–Trinajstić information content (AvgIpc) is 2.36. The molecule has 17 heavy (non-hydrogen) atoms. The normalized spacial score (nSPS) is 11.1. The van der Waals surface area contributed by atoms with Crippen LogP contribution in [0.15, 0.2) is 47.3 Å². The third-order valence-corrected chi connectivity index (χ3v) is 3.13. The maximum absolute atomic E-state index is 12.2. The second-order valence-electron chi connectivity index (χ2n) is 4.19. The van der Waals surface area contributed by atoms with Crippen LogP contribution in [0.4, 0.5) is 5.69 Å². The van der Waals surface area contributed by atoms with Gasteiger partial charge in [-0.15, -0.1) is 0 Å². The molecule has 0 radical (unpaired) electrons. The van der Waals surface area contributed by atoms with Gasteiger partial charge in [0.05, 0.1) is 5.52 Å². The van der Waals surface area contributed by atoms with Gasteiger partial charge < -0.3 is 10.3 Å². The van der Waals surface area contributed by atoms with Gasteiger partial charge in [-0.2, -0.15) is 0 Å². The number of hydrogen-bond acceptors (Lipinski definition) is 2. The Morgan fingerprint density at radius 1 is 1.00 bits per heavy atom. The van der Waals surface area contributed by atoms with Gasteiger partial charge in [-0.1, -0.05) is 18.2 Å². The lowest BCUT2D eigenvalue weighted by molar-refractivity contribution is 0.918. The van der Waals surface area contributed by atoms with E-state index in [9.17, 15) is 4.79 Å². The Kier molecular flexibility index (Phi) is 1.95. The van der Waals surface area contributed by atoms with E-state index in [1.807, 2.05) is 42.5 Å². The first kappa shape index (κ1) is 9.90. The first-order valence-electron chi connectivity index (χ1n) is 5.45. The van der Waals surface area contributed by atoms with Crippen LogP contribution in [0.25, 0.3) is 21.7 Å². The minimum Gasteiger partial charge on any atom is -0.399 e. The monoisotopic (exact) mass is 224 g/mol. The van der Waals surface area contributed by atoms with E-state index >= 15 is 0 Å². The smallest absolute Gasteiger partial charge is 0.258 e. The average molecular weight is 224 g/mol. The molecule has 1 heterocycles. The molecule has 1 aromatic heterocycles. The number of nitrogen functional groups attached to an aromatic ring is 1. The van der Waals surface area contributed by atoms with Crippen molar-refractivity contribution in [2.24, 2.45) is 7.05 Å². The van der Waals surface area contributed by atoms with Crippen LogP contribution in [0.5, 0.6) is 0 Å². The van der Waals surface area contributed by atoms with Gasteiger partial charge in [0.1, 0.15) is 0 Å². The number of nitrogens with two attached hydrogens (primary N) is 1. The summed E-state index contributed by atoms with van der Waals surface area (Å²) in [6.45, 7) is 0. The molecule has 0 amide bonds. The molecule has 0 unspecified atom stereocenters. The summed E-state index contributed by atoms with van der Waals surface area (Å²) in [4.78, 5) is 12.2. The number of benzene rings is 2. The van der Waals surface area contributed by atoms with Crippen molar-refractivity contribution in [1.29, 1.82) is 0 Å². The number of nitrogens with zero attached hydrogens (tertiary/aromatic N) is 1. The van der Waals surface area contributed by atoms with E-state index in [1.54, 1.807) is 11.6 Å². The summed E-state index contributed by atoms with van der Waals surface area (Å²) < 4.78 is 1.66. The molecule has 0 saturated heterocycles. The molecule has 0 aliphatic carbocycles. The fourth-order valence-corrected chi connectivity index (χ4v) is 2.26. The molecule has 0 bridgehead atoms. The first-order valence-corrected chi connectivity index (χ1v) is 5.45. The van der Waals surface area contributed by atoms with Crippen molar-refractivity contribution in [2.75, 3.05) is 5.73 Å². The third kappa shape index (κ3) is 1.32. The molecule has 0 aliphatic rings. The van der Waals surface area contributed by atoms with Gasteiger partial charge in [0.25, 0.3) is 5.56 Å². The zero-order valence-corrected chi connectivity index (χ0v) is 9.47. The Morgan fingerprint density at radius 2 is 1.71 bits per heavy atom. The second-order valence-corrected chi connectivity index (χ2v) is 4.19. The lowest BCUT2D eigenvalue weighted by Crippen LogP contribution is -2.17. The number of aryl methyl sites for hydroxylation is 1. The molecular formula is C14H12N2O. The zero-order chi connectivity index (χ0) is 12.0. The second kappa shape index (κ2) is 3.35. The molecule has 0 fully saturated rings. The third-order valence-electron chi connectivity index (χ3n) is 3.13. The molecule has 2 aromatic carbocycles. The van der Waals surface area contributed by atoms with Gasteiger partial charge in [-0.05, 0) is 29.7 Å². The highest BCUT2D eigenvalue weighted by molar-refractivity contribution is 6.06. The van der Waals surface area contributed by atoms with Gasteiger partial charge >= 0.3 is 0 Å². The van der Waals surface area contributed by atoms with Crippen molar-refractivity contribution in [3.05, 3.63) is 52.8 Å². The number of rotatable bonds is 0. The van der Waals surface area contributed by atoms with Crippen LogP contribution < -0.4 is 11.3 Å². The lowest BCUT2D eigenvalue weighted by atomic mass is 10.1. The molecule has 3 aromatic rings. The summed E-state index contributed by atoms with van der Waals surface area (Å²) in [6.07, 6.45) is 0. The number of anilines is 1. The summed E-state index contributed by atoms with van der Waals surface area (Å²) in [5.74, 6) is 0.